The molecule has 0 fully saturated rings. The summed E-state index contributed by atoms with van der Waals surface area (Å²) in [4.78, 5) is 27.6. The first-order valence-corrected chi connectivity index (χ1v) is 9.41. The molecule has 28 heavy (non-hydrogen) atoms. The fraction of sp³-hybridized carbons (Fsp3) is 0.304. The number of benzene rings is 2. The Balaban J connectivity index is 2.11. The highest BCUT2D eigenvalue weighted by atomic mass is 16.5. The highest BCUT2D eigenvalue weighted by Crippen LogP contribution is 2.34. The van der Waals surface area contributed by atoms with E-state index in [-0.39, 0.29) is 17.7 Å². The van der Waals surface area contributed by atoms with Gasteiger partial charge in [-0.05, 0) is 43.0 Å². The van der Waals surface area contributed by atoms with Crippen LogP contribution in [0.25, 0.3) is 5.57 Å². The standard InChI is InChI=1S/C23H26N2O3/c1-14(2)13-25-22(26)20(17-9-6-15(3)7-10-17)21(23(25)27)24-18-12-16(4)8-11-19(18)28-5/h6-12,14,24H,13H2,1-5H3. The van der Waals surface area contributed by atoms with Gasteiger partial charge < -0.3 is 10.1 Å². The van der Waals surface area contributed by atoms with E-state index in [1.807, 2.05) is 70.2 Å². The third-order valence-corrected chi connectivity index (χ3v) is 4.67. The van der Waals surface area contributed by atoms with E-state index in [0.29, 0.717) is 29.3 Å². The van der Waals surface area contributed by atoms with Crippen molar-refractivity contribution in [3.63, 3.8) is 0 Å². The molecule has 0 spiro atoms. The van der Waals surface area contributed by atoms with Gasteiger partial charge in [0, 0.05) is 6.54 Å². The molecule has 1 aliphatic rings. The molecule has 0 saturated carbocycles. The molecule has 0 saturated heterocycles. The average molecular weight is 378 g/mol. The first-order chi connectivity index (χ1) is 13.3. The molecule has 2 amide bonds. The van der Waals surface area contributed by atoms with Crippen LogP contribution in [0.3, 0.4) is 0 Å². The number of ether oxygens (including phenoxy) is 1. The second kappa shape index (κ2) is 7.89. The van der Waals surface area contributed by atoms with Crippen LogP contribution in [-0.4, -0.2) is 30.4 Å². The van der Waals surface area contributed by atoms with Gasteiger partial charge in [-0.15, -0.1) is 0 Å². The van der Waals surface area contributed by atoms with Gasteiger partial charge in [0.1, 0.15) is 11.4 Å². The summed E-state index contributed by atoms with van der Waals surface area (Å²) in [6, 6.07) is 13.3. The van der Waals surface area contributed by atoms with Crippen LogP contribution >= 0.6 is 0 Å². The van der Waals surface area contributed by atoms with E-state index >= 15 is 0 Å². The summed E-state index contributed by atoms with van der Waals surface area (Å²) in [6.45, 7) is 8.31. The molecule has 0 unspecified atom stereocenters. The molecule has 5 heteroatoms. The molecule has 5 nitrogen and oxygen atoms in total. The molecule has 146 valence electrons. The first-order valence-electron chi connectivity index (χ1n) is 9.41. The number of aryl methyl sites for hydroxylation is 2. The van der Waals surface area contributed by atoms with E-state index in [1.165, 1.54) is 4.90 Å². The van der Waals surface area contributed by atoms with Crippen molar-refractivity contribution in [1.29, 1.82) is 0 Å². The number of methoxy groups -OCH3 is 1. The van der Waals surface area contributed by atoms with E-state index in [4.69, 9.17) is 4.74 Å². The van der Waals surface area contributed by atoms with Gasteiger partial charge in [-0.2, -0.15) is 0 Å². The summed E-state index contributed by atoms with van der Waals surface area (Å²) in [7, 11) is 1.58. The van der Waals surface area contributed by atoms with Crippen molar-refractivity contribution in [1.82, 2.24) is 4.90 Å². The highest BCUT2D eigenvalue weighted by molar-refractivity contribution is 6.36. The Morgan fingerprint density at radius 3 is 2.21 bits per heavy atom. The highest BCUT2D eigenvalue weighted by Gasteiger charge is 2.39. The zero-order chi connectivity index (χ0) is 20.4. The molecule has 1 aliphatic heterocycles. The van der Waals surface area contributed by atoms with E-state index < -0.39 is 0 Å². The number of carbonyl (C=O) groups excluding carboxylic acids is 2. The van der Waals surface area contributed by atoms with Gasteiger partial charge in [0.2, 0.25) is 0 Å². The van der Waals surface area contributed by atoms with E-state index in [2.05, 4.69) is 5.32 Å². The molecule has 0 bridgehead atoms. The smallest absolute Gasteiger partial charge is 0.278 e. The molecular weight excluding hydrogens is 352 g/mol. The molecular formula is C23H26N2O3. The number of amides is 2. The lowest BCUT2D eigenvalue weighted by Gasteiger charge is -2.18. The molecule has 1 N–H and O–H groups in total. The van der Waals surface area contributed by atoms with Crippen molar-refractivity contribution in [2.24, 2.45) is 5.92 Å². The van der Waals surface area contributed by atoms with Gasteiger partial charge in [-0.3, -0.25) is 14.5 Å². The minimum atomic E-state index is -0.308. The van der Waals surface area contributed by atoms with Crippen LogP contribution in [0.1, 0.15) is 30.5 Å². The van der Waals surface area contributed by atoms with E-state index in [0.717, 1.165) is 16.7 Å². The summed E-state index contributed by atoms with van der Waals surface area (Å²) in [6.07, 6.45) is 0. The number of nitrogens with zero attached hydrogens (tertiary/aromatic N) is 1. The normalized spacial score (nSPS) is 14.3. The fourth-order valence-corrected chi connectivity index (χ4v) is 3.27. The number of nitrogens with one attached hydrogen (secondary N) is 1. The lowest BCUT2D eigenvalue weighted by Crippen LogP contribution is -2.35. The Morgan fingerprint density at radius 1 is 0.964 bits per heavy atom. The molecule has 2 aromatic rings. The van der Waals surface area contributed by atoms with Crippen LogP contribution in [0, 0.1) is 19.8 Å². The Bertz CT molecular complexity index is 943. The maximum absolute atomic E-state index is 13.1. The molecule has 3 rings (SSSR count). The zero-order valence-corrected chi connectivity index (χ0v) is 17.0. The molecule has 0 radical (unpaired) electrons. The number of rotatable bonds is 6. The summed E-state index contributed by atoms with van der Waals surface area (Å²) in [5.41, 5.74) is 4.19. The SMILES string of the molecule is COc1ccc(C)cc1NC1=C(c2ccc(C)cc2)C(=O)N(CC(C)C)C1=O. The first kappa shape index (κ1) is 19.7. The van der Waals surface area contributed by atoms with Gasteiger partial charge >= 0.3 is 0 Å². The summed E-state index contributed by atoms with van der Waals surface area (Å²) in [5.74, 6) is 0.221. The number of imide groups is 1. The van der Waals surface area contributed by atoms with Crippen LogP contribution in [0.15, 0.2) is 48.2 Å². The molecule has 0 aliphatic carbocycles. The third-order valence-electron chi connectivity index (χ3n) is 4.67. The van der Waals surface area contributed by atoms with Crippen LogP contribution in [-0.2, 0) is 9.59 Å². The van der Waals surface area contributed by atoms with Crippen molar-refractivity contribution in [2.75, 3.05) is 19.0 Å². The number of hydrogen-bond acceptors (Lipinski definition) is 4. The molecule has 2 aromatic carbocycles. The van der Waals surface area contributed by atoms with Gasteiger partial charge in [-0.25, -0.2) is 0 Å². The monoisotopic (exact) mass is 378 g/mol. The maximum Gasteiger partial charge on any atom is 0.278 e. The summed E-state index contributed by atoms with van der Waals surface area (Å²) < 4.78 is 5.43. The topological polar surface area (TPSA) is 58.6 Å². The lowest BCUT2D eigenvalue weighted by atomic mass is 10.0. The van der Waals surface area contributed by atoms with Crippen LogP contribution in [0.4, 0.5) is 5.69 Å². The van der Waals surface area contributed by atoms with Crippen molar-refractivity contribution in [3.8, 4) is 5.75 Å². The van der Waals surface area contributed by atoms with Gasteiger partial charge in [0.05, 0.1) is 18.4 Å². The second-order valence-corrected chi connectivity index (χ2v) is 7.56. The van der Waals surface area contributed by atoms with E-state index in [1.54, 1.807) is 7.11 Å². The Hall–Kier alpha value is -3.08. The van der Waals surface area contributed by atoms with Gasteiger partial charge in [0.25, 0.3) is 11.8 Å². The minimum absolute atomic E-state index is 0.181. The largest absolute Gasteiger partial charge is 0.495 e. The van der Waals surface area contributed by atoms with Crippen molar-refractivity contribution in [3.05, 3.63) is 64.9 Å². The third kappa shape index (κ3) is 3.79. The van der Waals surface area contributed by atoms with Crippen molar-refractivity contribution in [2.45, 2.75) is 27.7 Å². The van der Waals surface area contributed by atoms with Crippen molar-refractivity contribution >= 4 is 23.1 Å². The molecule has 1 heterocycles. The fourth-order valence-electron chi connectivity index (χ4n) is 3.27. The average Bonchev–Trinajstić information content (AvgIpc) is 2.87. The summed E-state index contributed by atoms with van der Waals surface area (Å²) in [5, 5.41) is 3.19. The van der Waals surface area contributed by atoms with Crippen LogP contribution < -0.4 is 10.1 Å². The summed E-state index contributed by atoms with van der Waals surface area (Å²) >= 11 is 0. The van der Waals surface area contributed by atoms with Gasteiger partial charge in [-0.1, -0.05) is 49.7 Å². The van der Waals surface area contributed by atoms with Crippen LogP contribution in [0.2, 0.25) is 0 Å². The number of hydrogen-bond donors (Lipinski definition) is 1. The number of anilines is 1. The second-order valence-electron chi connectivity index (χ2n) is 7.56. The van der Waals surface area contributed by atoms with E-state index in [9.17, 15) is 9.59 Å². The minimum Gasteiger partial charge on any atom is -0.495 e. The van der Waals surface area contributed by atoms with Crippen LogP contribution in [0.5, 0.6) is 5.75 Å². The van der Waals surface area contributed by atoms with Gasteiger partial charge in [0.15, 0.2) is 0 Å². The quantitative estimate of drug-likeness (QED) is 0.767. The Morgan fingerprint density at radius 2 is 1.61 bits per heavy atom. The Labute approximate surface area is 166 Å². The zero-order valence-electron chi connectivity index (χ0n) is 17.0. The maximum atomic E-state index is 13.1. The predicted octanol–water partition coefficient (Wildman–Crippen LogP) is 4.16. The Kier molecular flexibility index (Phi) is 5.54. The molecule has 0 aromatic heterocycles. The molecule has 0 atom stereocenters. The lowest BCUT2D eigenvalue weighted by molar-refractivity contribution is -0.137. The number of carbonyl (C=O) groups is 2. The predicted molar refractivity (Wildman–Crippen MR) is 111 cm³/mol. The van der Waals surface area contributed by atoms with Crippen molar-refractivity contribution < 1.29 is 14.3 Å².